The fraction of sp³-hybridized carbons (Fsp3) is 0.771. The van der Waals surface area contributed by atoms with Crippen molar-refractivity contribution in [3.63, 3.8) is 0 Å². The van der Waals surface area contributed by atoms with Crippen LogP contribution in [0.25, 0.3) is 0 Å². The molecular formula is C35H58N2O8. The Morgan fingerprint density at radius 2 is 1.93 bits per heavy atom. The molecule has 3 N–H and O–H groups in total. The smallest absolute Gasteiger partial charge is 0.410 e. The van der Waals surface area contributed by atoms with E-state index in [1.165, 1.54) is 0 Å². The fourth-order valence-corrected chi connectivity index (χ4v) is 6.22. The van der Waals surface area contributed by atoms with Crippen LogP contribution in [0.1, 0.15) is 80.1 Å². The molecule has 1 amide bonds. The van der Waals surface area contributed by atoms with Crippen molar-refractivity contribution in [2.45, 2.75) is 122 Å². The van der Waals surface area contributed by atoms with Gasteiger partial charge < -0.3 is 39.3 Å². The van der Waals surface area contributed by atoms with Gasteiger partial charge in [0.05, 0.1) is 36.4 Å². The number of allylic oxidation sites excluding steroid dienone is 2. The van der Waals surface area contributed by atoms with Gasteiger partial charge in [0.15, 0.2) is 0 Å². The van der Waals surface area contributed by atoms with Gasteiger partial charge in [-0.05, 0) is 70.7 Å². The van der Waals surface area contributed by atoms with Gasteiger partial charge >= 0.3 is 12.1 Å². The first-order valence-corrected chi connectivity index (χ1v) is 16.8. The van der Waals surface area contributed by atoms with Crippen molar-refractivity contribution in [2.24, 2.45) is 17.8 Å². The minimum absolute atomic E-state index is 0.00760. The van der Waals surface area contributed by atoms with E-state index in [-0.39, 0.29) is 42.5 Å². The molecule has 10 nitrogen and oxygen atoms in total. The number of hydrogen-bond acceptors (Lipinski definition) is 9. The lowest BCUT2D eigenvalue weighted by atomic mass is 9.91. The van der Waals surface area contributed by atoms with Crippen LogP contribution < -0.4 is 0 Å². The normalized spacial score (nSPS) is 34.4. The Bertz CT molecular complexity index is 1060. The number of epoxide rings is 1. The average Bonchev–Trinajstić information content (AvgIpc) is 3.77. The molecule has 10 heteroatoms. The van der Waals surface area contributed by atoms with Gasteiger partial charge in [-0.2, -0.15) is 0 Å². The highest BCUT2D eigenvalue weighted by Gasteiger charge is 2.47. The number of amides is 1. The maximum absolute atomic E-state index is 13.1. The fourth-order valence-electron chi connectivity index (χ4n) is 6.22. The van der Waals surface area contributed by atoms with Crippen LogP contribution in [-0.2, 0) is 19.0 Å². The standard InChI is InChI=1S/C35H58N2O8/c1-8-28(39)26(5)33-30(43-33)22-35(6,42)16-9-11-24(3)32-25(4)13-15-29(23(2)12-14-27(38)21-31(40)45-32)44-34(41)37-18-10-17-36(7)19-20-37/h9,11,13,15-16,23,25-30,32-33,38-39,42H,8,10,12,14,17-22H2,1-7H3/b15-13-,16-9+,24-11+. The lowest BCUT2D eigenvalue weighted by Crippen LogP contribution is -2.38. The summed E-state index contributed by atoms with van der Waals surface area (Å²) in [4.78, 5) is 29.9. The third-order valence-electron chi connectivity index (χ3n) is 9.52. The molecule has 3 heterocycles. The average molecular weight is 635 g/mol. The molecule has 0 spiro atoms. The van der Waals surface area contributed by atoms with Gasteiger partial charge in [-0.3, -0.25) is 4.79 Å². The van der Waals surface area contributed by atoms with E-state index in [0.29, 0.717) is 38.8 Å². The van der Waals surface area contributed by atoms with E-state index in [4.69, 9.17) is 14.2 Å². The van der Waals surface area contributed by atoms with Gasteiger partial charge in [0.25, 0.3) is 0 Å². The summed E-state index contributed by atoms with van der Waals surface area (Å²) in [5.41, 5.74) is -0.350. The zero-order valence-electron chi connectivity index (χ0n) is 28.4. The first kappa shape index (κ1) is 37.2. The molecule has 0 saturated carbocycles. The van der Waals surface area contributed by atoms with Gasteiger partial charge in [-0.25, -0.2) is 4.79 Å². The Hall–Kier alpha value is -2.24. The van der Waals surface area contributed by atoms with Gasteiger partial charge in [-0.1, -0.05) is 52.0 Å². The number of rotatable bonds is 9. The van der Waals surface area contributed by atoms with Crippen LogP contribution in [0.4, 0.5) is 4.79 Å². The molecule has 3 aliphatic rings. The minimum Gasteiger partial charge on any atom is -0.457 e. The number of carbonyl (C=O) groups excluding carboxylic acids is 2. The van der Waals surface area contributed by atoms with Crippen molar-refractivity contribution in [1.29, 1.82) is 0 Å². The first-order chi connectivity index (χ1) is 21.2. The summed E-state index contributed by atoms with van der Waals surface area (Å²) in [6.45, 7) is 14.5. The Morgan fingerprint density at radius 3 is 2.64 bits per heavy atom. The Morgan fingerprint density at radius 1 is 1.20 bits per heavy atom. The molecule has 0 radical (unpaired) electrons. The molecule has 10 unspecified atom stereocenters. The highest BCUT2D eigenvalue weighted by molar-refractivity contribution is 5.70. The molecule has 0 aliphatic carbocycles. The highest BCUT2D eigenvalue weighted by atomic mass is 16.6. The zero-order valence-corrected chi connectivity index (χ0v) is 28.4. The molecule has 0 bridgehead atoms. The zero-order chi connectivity index (χ0) is 33.3. The van der Waals surface area contributed by atoms with Crippen molar-refractivity contribution < 1.29 is 39.1 Å². The van der Waals surface area contributed by atoms with Gasteiger partial charge in [0.1, 0.15) is 12.2 Å². The molecule has 10 atom stereocenters. The summed E-state index contributed by atoms with van der Waals surface area (Å²) in [5.74, 6) is -0.768. The summed E-state index contributed by atoms with van der Waals surface area (Å²) in [5, 5.41) is 31.7. The van der Waals surface area contributed by atoms with Crippen LogP contribution in [0.5, 0.6) is 0 Å². The number of cyclic esters (lactones) is 1. The third-order valence-corrected chi connectivity index (χ3v) is 9.52. The largest absolute Gasteiger partial charge is 0.457 e. The Labute approximate surface area is 270 Å². The van der Waals surface area contributed by atoms with E-state index in [1.54, 1.807) is 24.0 Å². The molecule has 256 valence electrons. The second kappa shape index (κ2) is 17.1. The Balaban J connectivity index is 1.71. The Kier molecular flexibility index (Phi) is 14.1. The topological polar surface area (TPSA) is 132 Å². The second-order valence-corrected chi connectivity index (χ2v) is 13.9. The molecule has 2 fully saturated rings. The van der Waals surface area contributed by atoms with E-state index in [9.17, 15) is 24.9 Å². The van der Waals surface area contributed by atoms with E-state index in [2.05, 4.69) is 11.9 Å². The van der Waals surface area contributed by atoms with E-state index >= 15 is 0 Å². The number of carbonyl (C=O) groups is 2. The van der Waals surface area contributed by atoms with Gasteiger partial charge in [0, 0.05) is 37.9 Å². The van der Waals surface area contributed by atoms with Crippen molar-refractivity contribution >= 4 is 12.1 Å². The number of nitrogens with zero attached hydrogens (tertiary/aromatic N) is 2. The van der Waals surface area contributed by atoms with Gasteiger partial charge in [-0.15, -0.1) is 0 Å². The predicted octanol–water partition coefficient (Wildman–Crippen LogP) is 4.23. The van der Waals surface area contributed by atoms with E-state index < -0.39 is 36.0 Å². The molecule has 0 aromatic rings. The number of likely N-dealkylation sites (N-methyl/N-ethyl adjacent to an activating group) is 1. The van der Waals surface area contributed by atoms with Crippen molar-refractivity contribution in [2.75, 3.05) is 33.2 Å². The summed E-state index contributed by atoms with van der Waals surface area (Å²) in [6.07, 6.45) is 9.05. The molecular weight excluding hydrogens is 576 g/mol. The van der Waals surface area contributed by atoms with Crippen LogP contribution in [0.15, 0.2) is 36.0 Å². The summed E-state index contributed by atoms with van der Waals surface area (Å²) in [7, 11) is 2.05. The highest BCUT2D eigenvalue weighted by Crippen LogP contribution is 2.37. The molecule has 2 saturated heterocycles. The van der Waals surface area contributed by atoms with E-state index in [0.717, 1.165) is 25.1 Å². The van der Waals surface area contributed by atoms with E-state index in [1.807, 2.05) is 52.8 Å². The number of hydrogen-bond donors (Lipinski definition) is 3. The van der Waals surface area contributed by atoms with Crippen LogP contribution in [0.3, 0.4) is 0 Å². The third kappa shape index (κ3) is 11.8. The maximum Gasteiger partial charge on any atom is 0.410 e. The first-order valence-electron chi connectivity index (χ1n) is 16.8. The molecule has 45 heavy (non-hydrogen) atoms. The van der Waals surface area contributed by atoms with Gasteiger partial charge in [0.2, 0.25) is 0 Å². The lowest BCUT2D eigenvalue weighted by molar-refractivity contribution is -0.151. The molecule has 3 rings (SSSR count). The molecule has 0 aromatic carbocycles. The SMILES string of the molecule is CCC(O)C(C)C1OC1CC(C)(O)/C=C/C=C(\C)C1OC(=O)CC(O)CCC(C)C(OC(=O)N2CCCN(C)CC2)/C=C\C1C. The molecule has 0 aromatic heterocycles. The van der Waals surface area contributed by atoms with Crippen LogP contribution in [-0.4, -0.2) is 113 Å². The number of esters is 1. The summed E-state index contributed by atoms with van der Waals surface area (Å²) < 4.78 is 17.7. The van der Waals surface area contributed by atoms with Crippen molar-refractivity contribution in [1.82, 2.24) is 9.80 Å². The van der Waals surface area contributed by atoms with Crippen LogP contribution in [0, 0.1) is 17.8 Å². The summed E-state index contributed by atoms with van der Waals surface area (Å²) in [6, 6.07) is 0. The van der Waals surface area contributed by atoms with Crippen LogP contribution in [0.2, 0.25) is 0 Å². The van der Waals surface area contributed by atoms with Crippen molar-refractivity contribution in [3.05, 3.63) is 36.0 Å². The predicted molar refractivity (Wildman–Crippen MR) is 173 cm³/mol. The maximum atomic E-state index is 13.1. The monoisotopic (exact) mass is 634 g/mol. The number of aliphatic hydroxyl groups excluding tert-OH is 2. The minimum atomic E-state index is -1.12. The molecule has 3 aliphatic heterocycles. The summed E-state index contributed by atoms with van der Waals surface area (Å²) >= 11 is 0. The number of aliphatic hydroxyl groups is 3. The van der Waals surface area contributed by atoms with Crippen molar-refractivity contribution in [3.8, 4) is 0 Å². The van der Waals surface area contributed by atoms with Crippen LogP contribution >= 0.6 is 0 Å². The lowest BCUT2D eigenvalue weighted by Gasteiger charge is -2.29. The second-order valence-electron chi connectivity index (χ2n) is 13.9. The quantitative estimate of drug-likeness (QED) is 0.148. The number of ether oxygens (including phenoxy) is 3.